The monoisotopic (exact) mass is 413 g/mol. The summed E-state index contributed by atoms with van der Waals surface area (Å²) in [7, 11) is 0. The Morgan fingerprint density at radius 1 is 0.935 bits per heavy atom. The van der Waals surface area contributed by atoms with Gasteiger partial charge in [0.2, 0.25) is 0 Å². The minimum atomic E-state index is -0.905. The predicted octanol–water partition coefficient (Wildman–Crippen LogP) is 3.82. The fourth-order valence-electron chi connectivity index (χ4n) is 2.66. The van der Waals surface area contributed by atoms with E-state index in [0.717, 1.165) is 23.0 Å². The molecule has 0 aliphatic carbocycles. The standard InChI is InChI=1S/C24H19N3O4/c25-24(30)27-23(29)12-5-17-3-8-21(9-4-17)31-22-10-6-19(7-11-22)20(16-28)14-18-2-1-13-26-15-18/h1-16H,(H3,25,27,29,30)/b12-5+,20-14-. The average molecular weight is 413 g/mol. The van der Waals surface area contributed by atoms with Crippen LogP contribution >= 0.6 is 0 Å². The summed E-state index contributed by atoms with van der Waals surface area (Å²) < 4.78 is 5.82. The Balaban J connectivity index is 1.65. The molecule has 0 atom stereocenters. The molecule has 0 fully saturated rings. The quantitative estimate of drug-likeness (QED) is 0.452. The zero-order valence-corrected chi connectivity index (χ0v) is 16.4. The van der Waals surface area contributed by atoms with Crippen LogP contribution in [0.25, 0.3) is 17.7 Å². The van der Waals surface area contributed by atoms with Crippen molar-refractivity contribution in [3.05, 3.63) is 95.8 Å². The Kier molecular flexibility index (Phi) is 7.05. The highest BCUT2D eigenvalue weighted by molar-refractivity contribution is 6.13. The normalized spacial score (nSPS) is 11.2. The Labute approximate surface area is 178 Å². The summed E-state index contributed by atoms with van der Waals surface area (Å²) >= 11 is 0. The van der Waals surface area contributed by atoms with Crippen LogP contribution in [0.2, 0.25) is 0 Å². The molecule has 154 valence electrons. The molecule has 0 aliphatic rings. The molecule has 7 heteroatoms. The van der Waals surface area contributed by atoms with Gasteiger partial charge >= 0.3 is 6.03 Å². The third-order valence-corrected chi connectivity index (χ3v) is 4.11. The van der Waals surface area contributed by atoms with Crippen LogP contribution in [0.15, 0.2) is 79.1 Å². The summed E-state index contributed by atoms with van der Waals surface area (Å²) in [6.07, 6.45) is 8.69. The number of nitrogens with two attached hydrogens (primary N) is 1. The lowest BCUT2D eigenvalue weighted by molar-refractivity contribution is -0.115. The van der Waals surface area contributed by atoms with E-state index >= 15 is 0 Å². The molecule has 0 spiro atoms. The van der Waals surface area contributed by atoms with Gasteiger partial charge in [-0.05, 0) is 59.2 Å². The van der Waals surface area contributed by atoms with Crippen molar-refractivity contribution in [1.82, 2.24) is 10.3 Å². The minimum Gasteiger partial charge on any atom is -0.457 e. The molecule has 1 heterocycles. The van der Waals surface area contributed by atoms with Gasteiger partial charge in [-0.15, -0.1) is 0 Å². The van der Waals surface area contributed by atoms with Crippen LogP contribution in [0.1, 0.15) is 16.7 Å². The van der Waals surface area contributed by atoms with E-state index in [1.165, 1.54) is 6.08 Å². The number of pyridine rings is 1. The number of benzene rings is 2. The second kappa shape index (κ2) is 10.3. The van der Waals surface area contributed by atoms with Crippen LogP contribution in [-0.2, 0) is 9.59 Å². The van der Waals surface area contributed by atoms with Gasteiger partial charge in [0.1, 0.15) is 11.5 Å². The van der Waals surface area contributed by atoms with Gasteiger partial charge in [0.05, 0.1) is 0 Å². The van der Waals surface area contributed by atoms with Crippen molar-refractivity contribution in [3.63, 3.8) is 0 Å². The molecular formula is C24H19N3O4. The summed E-state index contributed by atoms with van der Waals surface area (Å²) in [5.41, 5.74) is 7.77. The van der Waals surface area contributed by atoms with E-state index in [-0.39, 0.29) is 0 Å². The molecule has 0 radical (unpaired) electrons. The van der Waals surface area contributed by atoms with Gasteiger partial charge in [0.25, 0.3) is 5.91 Å². The highest BCUT2D eigenvalue weighted by atomic mass is 16.5. The first-order chi connectivity index (χ1) is 15.0. The summed E-state index contributed by atoms with van der Waals surface area (Å²) in [4.78, 5) is 37.5. The number of carbonyl (C=O) groups excluding carboxylic acids is 3. The second-order valence-corrected chi connectivity index (χ2v) is 6.39. The van der Waals surface area contributed by atoms with Crippen molar-refractivity contribution in [3.8, 4) is 11.5 Å². The van der Waals surface area contributed by atoms with E-state index < -0.39 is 11.9 Å². The summed E-state index contributed by atoms with van der Waals surface area (Å²) in [6.45, 7) is 0. The largest absolute Gasteiger partial charge is 0.457 e. The van der Waals surface area contributed by atoms with Crippen LogP contribution in [0.3, 0.4) is 0 Å². The number of urea groups is 1. The van der Waals surface area contributed by atoms with E-state index in [1.807, 2.05) is 17.4 Å². The maximum atomic E-state index is 11.5. The number of rotatable bonds is 7. The molecule has 3 rings (SSSR count). The first-order valence-corrected chi connectivity index (χ1v) is 9.27. The zero-order chi connectivity index (χ0) is 22.1. The molecule has 1 aromatic heterocycles. The van der Waals surface area contributed by atoms with Gasteiger partial charge < -0.3 is 10.5 Å². The average Bonchev–Trinajstić information content (AvgIpc) is 2.78. The number of hydrogen-bond donors (Lipinski definition) is 2. The number of nitrogens with zero attached hydrogens (tertiary/aromatic N) is 1. The van der Waals surface area contributed by atoms with Crippen molar-refractivity contribution in [1.29, 1.82) is 0 Å². The molecule has 3 N–H and O–H groups in total. The molecule has 0 saturated carbocycles. The van der Waals surface area contributed by atoms with Crippen molar-refractivity contribution in [2.45, 2.75) is 0 Å². The maximum Gasteiger partial charge on any atom is 0.319 e. The molecule has 7 nitrogen and oxygen atoms in total. The Bertz CT molecular complexity index is 1120. The van der Waals surface area contributed by atoms with Crippen LogP contribution in [0.4, 0.5) is 4.79 Å². The van der Waals surface area contributed by atoms with E-state index in [0.29, 0.717) is 17.1 Å². The number of carbonyl (C=O) groups is 3. The number of imide groups is 1. The van der Waals surface area contributed by atoms with Crippen LogP contribution < -0.4 is 15.8 Å². The highest BCUT2D eigenvalue weighted by Gasteiger charge is 2.04. The third kappa shape index (κ3) is 6.50. The summed E-state index contributed by atoms with van der Waals surface area (Å²) in [5.74, 6) is 0.618. The topological polar surface area (TPSA) is 111 Å². The highest BCUT2D eigenvalue weighted by Crippen LogP contribution is 2.24. The number of nitrogens with one attached hydrogen (secondary N) is 1. The van der Waals surface area contributed by atoms with E-state index in [1.54, 1.807) is 73.1 Å². The number of aldehydes is 1. The number of primary amides is 1. The Morgan fingerprint density at radius 3 is 2.19 bits per heavy atom. The fourth-order valence-corrected chi connectivity index (χ4v) is 2.66. The SMILES string of the molecule is NC(=O)NC(=O)/C=C/c1ccc(Oc2ccc(/C(C=O)=C\c3cccnc3)cc2)cc1. The molecule has 0 unspecified atom stereocenters. The molecule has 0 saturated heterocycles. The lowest BCUT2D eigenvalue weighted by Gasteiger charge is -2.07. The molecule has 2 aromatic carbocycles. The first-order valence-electron chi connectivity index (χ1n) is 9.27. The fraction of sp³-hybridized carbons (Fsp3) is 0. The van der Waals surface area contributed by atoms with E-state index in [4.69, 9.17) is 10.5 Å². The Hall–Kier alpha value is -4.52. The van der Waals surface area contributed by atoms with Crippen molar-refractivity contribution < 1.29 is 19.1 Å². The predicted molar refractivity (Wildman–Crippen MR) is 118 cm³/mol. The van der Waals surface area contributed by atoms with Gasteiger partial charge in [-0.25, -0.2) is 4.79 Å². The zero-order valence-electron chi connectivity index (χ0n) is 16.4. The first kappa shape index (κ1) is 21.2. The lowest BCUT2D eigenvalue weighted by Crippen LogP contribution is -2.33. The summed E-state index contributed by atoms with van der Waals surface area (Å²) in [5, 5.41) is 1.95. The molecule has 3 amide bonds. The minimum absolute atomic E-state index is 0.538. The maximum absolute atomic E-state index is 11.5. The van der Waals surface area contributed by atoms with Crippen LogP contribution in [-0.4, -0.2) is 23.2 Å². The number of hydrogen-bond acceptors (Lipinski definition) is 5. The second-order valence-electron chi connectivity index (χ2n) is 6.39. The lowest BCUT2D eigenvalue weighted by atomic mass is 10.0. The van der Waals surface area contributed by atoms with Gasteiger partial charge in [0, 0.05) is 24.0 Å². The molecule has 0 bridgehead atoms. The van der Waals surface area contributed by atoms with Gasteiger partial charge in [-0.3, -0.25) is 19.9 Å². The summed E-state index contributed by atoms with van der Waals surface area (Å²) in [6, 6.07) is 17.0. The van der Waals surface area contributed by atoms with Crippen LogP contribution in [0, 0.1) is 0 Å². The number of allylic oxidation sites excluding steroid dienone is 1. The van der Waals surface area contributed by atoms with Crippen molar-refractivity contribution in [2.24, 2.45) is 5.73 Å². The van der Waals surface area contributed by atoms with E-state index in [2.05, 4.69) is 4.98 Å². The van der Waals surface area contributed by atoms with Crippen molar-refractivity contribution >= 4 is 35.9 Å². The van der Waals surface area contributed by atoms with Gasteiger partial charge in [-0.1, -0.05) is 30.3 Å². The molecular weight excluding hydrogens is 394 g/mol. The third-order valence-electron chi connectivity index (χ3n) is 4.11. The van der Waals surface area contributed by atoms with Crippen molar-refractivity contribution in [2.75, 3.05) is 0 Å². The van der Waals surface area contributed by atoms with Gasteiger partial charge in [0.15, 0.2) is 6.29 Å². The molecule has 3 aromatic rings. The number of ether oxygens (including phenoxy) is 1. The van der Waals surface area contributed by atoms with E-state index in [9.17, 15) is 14.4 Å². The molecule has 31 heavy (non-hydrogen) atoms. The Morgan fingerprint density at radius 2 is 1.61 bits per heavy atom. The smallest absolute Gasteiger partial charge is 0.319 e. The van der Waals surface area contributed by atoms with Gasteiger partial charge in [-0.2, -0.15) is 0 Å². The number of aromatic nitrogens is 1. The number of amides is 3. The van der Waals surface area contributed by atoms with Crippen LogP contribution in [0.5, 0.6) is 11.5 Å². The molecule has 0 aliphatic heterocycles.